The smallest absolute Gasteiger partial charge is 0.125 e. The van der Waals surface area contributed by atoms with Gasteiger partial charge in [0.2, 0.25) is 0 Å². The van der Waals surface area contributed by atoms with Crippen molar-refractivity contribution in [2.75, 3.05) is 13.2 Å². The van der Waals surface area contributed by atoms with Gasteiger partial charge in [0, 0.05) is 0 Å². The molecule has 0 spiro atoms. The molecule has 0 saturated heterocycles. The molecule has 1 rings (SSSR count). The average Bonchev–Trinajstić information content (AvgIpc) is 2.26. The number of nitrogens with two attached hydrogens (primary N) is 1. The van der Waals surface area contributed by atoms with Crippen molar-refractivity contribution in [3.63, 3.8) is 0 Å². The number of hydrogen-bond donors (Lipinski definition) is 2. The highest BCUT2D eigenvalue weighted by molar-refractivity contribution is 5.81. The standard InChI is InChI=1S/C14H22N2O2/c1-9-7-10(2)13(11(3)8-9)18-6-5-17-12(4)14(15)16/h7-8,12H,5-6H2,1-4H3,(H3,15,16). The lowest BCUT2D eigenvalue weighted by Gasteiger charge is -2.15. The number of rotatable bonds is 6. The summed E-state index contributed by atoms with van der Waals surface area (Å²) in [5.41, 5.74) is 8.81. The lowest BCUT2D eigenvalue weighted by molar-refractivity contribution is 0.0790. The molecule has 0 bridgehead atoms. The van der Waals surface area contributed by atoms with Crippen molar-refractivity contribution in [3.05, 3.63) is 28.8 Å². The first-order valence-corrected chi connectivity index (χ1v) is 6.08. The molecule has 3 N–H and O–H groups in total. The summed E-state index contributed by atoms with van der Waals surface area (Å²) in [6, 6.07) is 4.20. The lowest BCUT2D eigenvalue weighted by Crippen LogP contribution is -2.29. The van der Waals surface area contributed by atoms with Crippen LogP contribution in [0.1, 0.15) is 23.6 Å². The number of ether oxygens (including phenoxy) is 2. The summed E-state index contributed by atoms with van der Waals surface area (Å²) < 4.78 is 11.1. The van der Waals surface area contributed by atoms with Gasteiger partial charge in [-0.2, -0.15) is 0 Å². The first-order chi connectivity index (χ1) is 8.41. The number of benzene rings is 1. The molecule has 0 aromatic heterocycles. The Balaban J connectivity index is 2.47. The minimum Gasteiger partial charge on any atom is -0.491 e. The Labute approximate surface area is 109 Å². The topological polar surface area (TPSA) is 68.3 Å². The van der Waals surface area contributed by atoms with Gasteiger partial charge in [-0.1, -0.05) is 17.7 Å². The van der Waals surface area contributed by atoms with Gasteiger partial charge in [-0.25, -0.2) is 0 Å². The van der Waals surface area contributed by atoms with E-state index in [0.29, 0.717) is 13.2 Å². The van der Waals surface area contributed by atoms with Crippen LogP contribution in [0.4, 0.5) is 0 Å². The molecule has 0 aliphatic rings. The third-order valence-corrected chi connectivity index (χ3v) is 2.74. The Morgan fingerprint density at radius 1 is 1.22 bits per heavy atom. The predicted molar refractivity (Wildman–Crippen MR) is 73.5 cm³/mol. The fraction of sp³-hybridized carbons (Fsp3) is 0.500. The number of hydrogen-bond acceptors (Lipinski definition) is 3. The van der Waals surface area contributed by atoms with E-state index in [2.05, 4.69) is 19.1 Å². The Bertz CT molecular complexity index is 407. The molecule has 0 amide bonds. The van der Waals surface area contributed by atoms with Crippen LogP contribution in [0.5, 0.6) is 5.75 Å². The number of aryl methyl sites for hydroxylation is 3. The molecule has 0 aliphatic heterocycles. The molecule has 1 unspecified atom stereocenters. The average molecular weight is 250 g/mol. The van der Waals surface area contributed by atoms with E-state index < -0.39 is 0 Å². The van der Waals surface area contributed by atoms with Crippen LogP contribution in [0.2, 0.25) is 0 Å². The van der Waals surface area contributed by atoms with Crippen LogP contribution in [0.15, 0.2) is 12.1 Å². The van der Waals surface area contributed by atoms with Crippen LogP contribution in [0.3, 0.4) is 0 Å². The highest BCUT2D eigenvalue weighted by Gasteiger charge is 2.07. The van der Waals surface area contributed by atoms with Gasteiger partial charge in [0.05, 0.1) is 6.61 Å². The molecule has 18 heavy (non-hydrogen) atoms. The van der Waals surface area contributed by atoms with Crippen LogP contribution in [-0.4, -0.2) is 25.2 Å². The van der Waals surface area contributed by atoms with Crippen LogP contribution < -0.4 is 10.5 Å². The second-order valence-electron chi connectivity index (χ2n) is 4.54. The predicted octanol–water partition coefficient (Wildman–Crippen LogP) is 2.33. The van der Waals surface area contributed by atoms with E-state index >= 15 is 0 Å². The van der Waals surface area contributed by atoms with Crippen LogP contribution >= 0.6 is 0 Å². The normalized spacial score (nSPS) is 12.2. The molecule has 1 atom stereocenters. The van der Waals surface area contributed by atoms with Gasteiger partial charge in [0.1, 0.15) is 24.3 Å². The molecule has 1 aromatic carbocycles. The quantitative estimate of drug-likeness (QED) is 0.462. The van der Waals surface area contributed by atoms with Crippen LogP contribution in [0, 0.1) is 26.2 Å². The van der Waals surface area contributed by atoms with Gasteiger partial charge < -0.3 is 15.2 Å². The second kappa shape index (κ2) is 6.40. The van der Waals surface area contributed by atoms with E-state index in [1.54, 1.807) is 6.92 Å². The number of amidine groups is 1. The minimum absolute atomic E-state index is 0.0395. The Morgan fingerprint density at radius 2 is 1.78 bits per heavy atom. The maximum absolute atomic E-state index is 7.20. The highest BCUT2D eigenvalue weighted by Crippen LogP contribution is 2.24. The van der Waals surface area contributed by atoms with Crippen molar-refractivity contribution in [2.24, 2.45) is 5.73 Å². The lowest BCUT2D eigenvalue weighted by atomic mass is 10.1. The molecule has 1 aromatic rings. The second-order valence-corrected chi connectivity index (χ2v) is 4.54. The Kier molecular flexibility index (Phi) is 5.16. The van der Waals surface area contributed by atoms with Crippen molar-refractivity contribution in [3.8, 4) is 5.75 Å². The first-order valence-electron chi connectivity index (χ1n) is 6.08. The van der Waals surface area contributed by atoms with Gasteiger partial charge in [-0.3, -0.25) is 5.41 Å². The summed E-state index contributed by atoms with van der Waals surface area (Å²) in [7, 11) is 0. The highest BCUT2D eigenvalue weighted by atomic mass is 16.5. The van der Waals surface area contributed by atoms with Crippen molar-refractivity contribution in [1.29, 1.82) is 5.41 Å². The van der Waals surface area contributed by atoms with Crippen molar-refractivity contribution >= 4 is 5.84 Å². The van der Waals surface area contributed by atoms with Crippen LogP contribution in [0.25, 0.3) is 0 Å². The zero-order chi connectivity index (χ0) is 13.7. The van der Waals surface area contributed by atoms with Gasteiger partial charge in [-0.15, -0.1) is 0 Å². The first kappa shape index (κ1) is 14.5. The zero-order valence-corrected chi connectivity index (χ0v) is 11.5. The van der Waals surface area contributed by atoms with Crippen molar-refractivity contribution in [2.45, 2.75) is 33.8 Å². The van der Waals surface area contributed by atoms with E-state index in [-0.39, 0.29) is 11.9 Å². The SMILES string of the molecule is Cc1cc(C)c(OCCOC(C)C(=N)N)c(C)c1. The molecule has 100 valence electrons. The van der Waals surface area contributed by atoms with E-state index in [0.717, 1.165) is 16.9 Å². The summed E-state index contributed by atoms with van der Waals surface area (Å²) in [5.74, 6) is 0.956. The Hall–Kier alpha value is -1.55. The van der Waals surface area contributed by atoms with Crippen LogP contribution in [-0.2, 0) is 4.74 Å². The molecule has 0 aliphatic carbocycles. The minimum atomic E-state index is -0.353. The molecule has 0 saturated carbocycles. The molecule has 0 heterocycles. The summed E-state index contributed by atoms with van der Waals surface area (Å²) in [4.78, 5) is 0. The van der Waals surface area contributed by atoms with Gasteiger partial charge in [-0.05, 0) is 38.8 Å². The van der Waals surface area contributed by atoms with Gasteiger partial charge in [0.25, 0.3) is 0 Å². The fourth-order valence-corrected chi connectivity index (χ4v) is 1.85. The molecule has 4 heteroatoms. The van der Waals surface area contributed by atoms with Gasteiger partial charge >= 0.3 is 0 Å². The zero-order valence-electron chi connectivity index (χ0n) is 11.5. The van der Waals surface area contributed by atoms with E-state index in [9.17, 15) is 0 Å². The van der Waals surface area contributed by atoms with E-state index in [1.165, 1.54) is 5.56 Å². The summed E-state index contributed by atoms with van der Waals surface area (Å²) in [5, 5.41) is 7.20. The third-order valence-electron chi connectivity index (χ3n) is 2.74. The molecule has 0 fully saturated rings. The van der Waals surface area contributed by atoms with Crippen molar-refractivity contribution < 1.29 is 9.47 Å². The molecule has 0 radical (unpaired) electrons. The summed E-state index contributed by atoms with van der Waals surface area (Å²) in [6.45, 7) is 8.78. The summed E-state index contributed by atoms with van der Waals surface area (Å²) >= 11 is 0. The molecule has 4 nitrogen and oxygen atoms in total. The molecular weight excluding hydrogens is 228 g/mol. The van der Waals surface area contributed by atoms with Crippen molar-refractivity contribution in [1.82, 2.24) is 0 Å². The monoisotopic (exact) mass is 250 g/mol. The fourth-order valence-electron chi connectivity index (χ4n) is 1.85. The number of nitrogens with one attached hydrogen (secondary N) is 1. The largest absolute Gasteiger partial charge is 0.491 e. The Morgan fingerprint density at radius 3 is 2.28 bits per heavy atom. The van der Waals surface area contributed by atoms with E-state index in [4.69, 9.17) is 20.6 Å². The molecular formula is C14H22N2O2. The van der Waals surface area contributed by atoms with Gasteiger partial charge in [0.15, 0.2) is 0 Å². The maximum atomic E-state index is 7.20. The third kappa shape index (κ3) is 4.04. The van der Waals surface area contributed by atoms with E-state index in [1.807, 2.05) is 13.8 Å². The maximum Gasteiger partial charge on any atom is 0.125 e. The summed E-state index contributed by atoms with van der Waals surface area (Å²) in [6.07, 6.45) is -0.353.